The highest BCUT2D eigenvalue weighted by Crippen LogP contribution is 2.38. The molecule has 2 aliphatic rings. The van der Waals surface area contributed by atoms with Crippen molar-refractivity contribution >= 4 is 23.6 Å². The van der Waals surface area contributed by atoms with Crippen LogP contribution in [0.15, 0.2) is 35.5 Å². The third-order valence-corrected chi connectivity index (χ3v) is 8.04. The van der Waals surface area contributed by atoms with E-state index >= 15 is 0 Å². The molecule has 0 saturated heterocycles. The normalized spacial score (nSPS) is 17.3. The largest absolute Gasteiger partial charge is 0.495 e. The predicted octanol–water partition coefficient (Wildman–Crippen LogP) is 12.1. The fourth-order valence-corrected chi connectivity index (χ4v) is 5.94. The molecule has 4 rings (SSSR count). The maximum absolute atomic E-state index is 14.1. The Morgan fingerprint density at radius 3 is 2.09 bits per heavy atom. The van der Waals surface area contributed by atoms with Crippen molar-refractivity contribution in [3.8, 4) is 17.6 Å². The van der Waals surface area contributed by atoms with Gasteiger partial charge >= 0.3 is 5.97 Å². The van der Waals surface area contributed by atoms with Gasteiger partial charge in [-0.15, -0.1) is 0 Å². The van der Waals surface area contributed by atoms with Crippen molar-refractivity contribution in [1.29, 1.82) is 0 Å². The average molecular weight is 645 g/mol. The van der Waals surface area contributed by atoms with Crippen LogP contribution in [0.25, 0.3) is 0 Å². The summed E-state index contributed by atoms with van der Waals surface area (Å²) in [5.41, 5.74) is 0.791. The van der Waals surface area contributed by atoms with Crippen molar-refractivity contribution in [2.75, 3.05) is 11.8 Å². The van der Waals surface area contributed by atoms with Crippen LogP contribution in [0.2, 0.25) is 0 Å². The number of hydrogen-bond donors (Lipinski definition) is 2. The zero-order valence-electron chi connectivity index (χ0n) is 29.6. The maximum atomic E-state index is 14.1. The summed E-state index contributed by atoms with van der Waals surface area (Å²) in [5, 5.41) is 9.76. The fourth-order valence-electron chi connectivity index (χ4n) is 5.32. The van der Waals surface area contributed by atoms with Gasteiger partial charge in [-0.2, -0.15) is 0 Å². The molecule has 0 amide bonds. The minimum Gasteiger partial charge on any atom is -0.495 e. The molecule has 5 nitrogen and oxygen atoms in total. The first kappa shape index (κ1) is 42.3. The molecule has 1 aromatic carbocycles. The molecule has 7 heteroatoms. The van der Waals surface area contributed by atoms with E-state index in [1.807, 2.05) is 39.8 Å². The summed E-state index contributed by atoms with van der Waals surface area (Å²) >= 11 is 1.19. The highest BCUT2D eigenvalue weighted by Gasteiger charge is 2.26. The number of nitrogens with one attached hydrogen (secondary N) is 1. The van der Waals surface area contributed by atoms with E-state index in [4.69, 9.17) is 9.84 Å². The summed E-state index contributed by atoms with van der Waals surface area (Å²) in [6, 6.07) is 6.08. The molecule has 0 spiro atoms. The number of aromatic carboxylic acids is 1. The number of nitrogens with zero attached hydrogens (tertiary/aromatic N) is 1. The standard InChI is InChI=1S/C28H33FN2O3S.2C3H8.2C2H6/c1-34-26-16-23(28(32)33)24(29)17-25(26)31-35-27-15-13-20(18-30-27)11-10-19-6-5-9-22(14-12-19)21-7-3-2-4-8-21;2*1-3-2;2*1-2/h13,15-19,21-22,31H,2-9,12,14H2,1H3,(H,32,33);2*3H2,1-2H3;2*1-2H3. The lowest BCUT2D eigenvalue weighted by atomic mass is 9.77. The molecular weight excluding hydrogens is 583 g/mol. The molecule has 2 saturated carbocycles. The van der Waals surface area contributed by atoms with E-state index < -0.39 is 17.3 Å². The second-order valence-corrected chi connectivity index (χ2v) is 11.8. The number of ether oxygens (including phenoxy) is 1. The van der Waals surface area contributed by atoms with Crippen LogP contribution in [0.1, 0.15) is 148 Å². The zero-order chi connectivity index (χ0) is 34.0. The van der Waals surface area contributed by atoms with Gasteiger partial charge in [-0.3, -0.25) is 0 Å². The third-order valence-electron chi connectivity index (χ3n) is 7.27. The molecule has 1 aromatic heterocycles. The highest BCUT2D eigenvalue weighted by atomic mass is 32.2. The lowest BCUT2D eigenvalue weighted by molar-refractivity contribution is 0.0691. The van der Waals surface area contributed by atoms with Crippen LogP contribution in [-0.2, 0) is 0 Å². The van der Waals surface area contributed by atoms with Gasteiger partial charge in [-0.05, 0) is 49.3 Å². The number of halogens is 1. The van der Waals surface area contributed by atoms with Gasteiger partial charge in [0.15, 0.2) is 0 Å². The lowest BCUT2D eigenvalue weighted by Crippen LogP contribution is -2.17. The van der Waals surface area contributed by atoms with Crippen molar-refractivity contribution in [2.24, 2.45) is 17.8 Å². The van der Waals surface area contributed by atoms with Gasteiger partial charge < -0.3 is 14.6 Å². The summed E-state index contributed by atoms with van der Waals surface area (Å²) in [6.07, 6.45) is 17.8. The topological polar surface area (TPSA) is 71.5 Å². The van der Waals surface area contributed by atoms with Crippen LogP contribution in [0.3, 0.4) is 0 Å². The van der Waals surface area contributed by atoms with E-state index in [2.05, 4.69) is 49.2 Å². The number of carbonyl (C=O) groups is 1. The van der Waals surface area contributed by atoms with Crippen molar-refractivity contribution in [3.63, 3.8) is 0 Å². The molecular formula is C38H61FN2O3S. The summed E-state index contributed by atoms with van der Waals surface area (Å²) in [5.74, 6) is 7.20. The minimum atomic E-state index is -1.34. The number of carboxylic acids is 1. The van der Waals surface area contributed by atoms with Gasteiger partial charge in [0.2, 0.25) is 0 Å². The van der Waals surface area contributed by atoms with Crippen LogP contribution in [0, 0.1) is 35.4 Å². The smallest absolute Gasteiger partial charge is 0.338 e. The van der Waals surface area contributed by atoms with Crippen LogP contribution < -0.4 is 9.46 Å². The van der Waals surface area contributed by atoms with Crippen LogP contribution in [-0.4, -0.2) is 23.2 Å². The van der Waals surface area contributed by atoms with Gasteiger partial charge in [-0.25, -0.2) is 14.2 Å². The van der Waals surface area contributed by atoms with Gasteiger partial charge in [0.05, 0.1) is 18.4 Å². The van der Waals surface area contributed by atoms with Crippen molar-refractivity contribution in [1.82, 2.24) is 4.98 Å². The first-order chi connectivity index (χ1) is 21.9. The molecule has 0 radical (unpaired) electrons. The predicted molar refractivity (Wildman–Crippen MR) is 192 cm³/mol. The number of anilines is 1. The van der Waals surface area contributed by atoms with E-state index in [1.54, 1.807) is 6.20 Å². The maximum Gasteiger partial charge on any atom is 0.338 e. The number of pyridine rings is 1. The van der Waals surface area contributed by atoms with E-state index in [0.717, 1.165) is 29.5 Å². The number of aromatic nitrogens is 1. The monoisotopic (exact) mass is 644 g/mol. The molecule has 2 unspecified atom stereocenters. The first-order valence-electron chi connectivity index (χ1n) is 17.4. The quantitative estimate of drug-likeness (QED) is 0.185. The number of carboxylic acid groups (broad SMARTS) is 1. The first-order valence-corrected chi connectivity index (χ1v) is 18.2. The molecule has 1 heterocycles. The minimum absolute atomic E-state index is 0.243. The third kappa shape index (κ3) is 16.4. The Bertz CT molecular complexity index is 1110. The zero-order valence-corrected chi connectivity index (χ0v) is 30.4. The molecule has 2 aromatic rings. The van der Waals surface area contributed by atoms with Gasteiger partial charge in [0.25, 0.3) is 0 Å². The summed E-state index contributed by atoms with van der Waals surface area (Å²) in [4.78, 5) is 15.6. The van der Waals surface area contributed by atoms with Crippen molar-refractivity contribution in [3.05, 3.63) is 47.4 Å². The van der Waals surface area contributed by atoms with E-state index in [1.165, 1.54) is 96.1 Å². The van der Waals surface area contributed by atoms with Gasteiger partial charge in [0.1, 0.15) is 16.6 Å². The molecule has 2 N–H and O–H groups in total. The van der Waals surface area contributed by atoms with E-state index in [9.17, 15) is 9.18 Å². The molecule has 2 fully saturated rings. The Morgan fingerprint density at radius 1 is 0.933 bits per heavy atom. The average Bonchev–Trinajstić information content (AvgIpc) is 3.32. The second kappa shape index (κ2) is 26.5. The molecule has 2 atom stereocenters. The molecule has 45 heavy (non-hydrogen) atoms. The van der Waals surface area contributed by atoms with Crippen molar-refractivity contribution in [2.45, 2.75) is 137 Å². The number of methoxy groups -OCH3 is 1. The Balaban J connectivity index is 0.00000173. The van der Waals surface area contributed by atoms with Crippen molar-refractivity contribution < 1.29 is 19.0 Å². The number of hydrogen-bond acceptors (Lipinski definition) is 5. The number of benzene rings is 1. The molecule has 0 bridgehead atoms. The summed E-state index contributed by atoms with van der Waals surface area (Å²) in [6.45, 7) is 16.5. The Hall–Kier alpha value is -2.72. The Labute approximate surface area is 279 Å². The Kier molecular flexibility index (Phi) is 24.9. The second-order valence-electron chi connectivity index (χ2n) is 11.0. The molecule has 254 valence electrons. The van der Waals surface area contributed by atoms with Crippen LogP contribution >= 0.6 is 11.9 Å². The van der Waals surface area contributed by atoms with E-state index in [0.29, 0.717) is 16.6 Å². The van der Waals surface area contributed by atoms with Crippen LogP contribution in [0.4, 0.5) is 10.1 Å². The van der Waals surface area contributed by atoms with Crippen LogP contribution in [0.5, 0.6) is 5.75 Å². The van der Waals surface area contributed by atoms with E-state index in [-0.39, 0.29) is 5.75 Å². The molecule has 0 aliphatic heterocycles. The molecule has 2 aliphatic carbocycles. The van der Waals surface area contributed by atoms with Gasteiger partial charge in [0, 0.05) is 35.7 Å². The SMILES string of the molecule is CC.CC.CCC.CCC.COc1cc(C(=O)O)c(F)cc1NSc1ccc(C#CC2CCCC(C3CCCCC3)CC2)cn1. The summed E-state index contributed by atoms with van der Waals surface area (Å²) in [7, 11) is 1.41. The Morgan fingerprint density at radius 2 is 1.53 bits per heavy atom. The fraction of sp³-hybridized carbons (Fsp3) is 0.632. The number of rotatable bonds is 6. The summed E-state index contributed by atoms with van der Waals surface area (Å²) < 4.78 is 22.2. The highest BCUT2D eigenvalue weighted by molar-refractivity contribution is 8.00. The van der Waals surface area contributed by atoms with Gasteiger partial charge in [-0.1, -0.05) is 125 Å². The lowest BCUT2D eigenvalue weighted by Gasteiger charge is -2.29.